The first-order valence-corrected chi connectivity index (χ1v) is 7.33. The van der Waals surface area contributed by atoms with Crippen molar-refractivity contribution < 1.29 is 9.13 Å². The number of rotatable bonds is 6. The fourth-order valence-electron chi connectivity index (χ4n) is 1.65. The molecule has 120 valence electrons. The summed E-state index contributed by atoms with van der Waals surface area (Å²) >= 11 is 3.13. The lowest BCUT2D eigenvalue weighted by Crippen LogP contribution is -2.43. The van der Waals surface area contributed by atoms with Crippen molar-refractivity contribution in [3.63, 3.8) is 0 Å². The largest absolute Gasteiger partial charge is 0.383 e. The number of nitrogens with one attached hydrogen (secondary N) is 2. The van der Waals surface area contributed by atoms with Crippen LogP contribution in [0.15, 0.2) is 27.7 Å². The second-order valence-electron chi connectivity index (χ2n) is 4.44. The first-order chi connectivity index (χ1) is 9.56. The fourth-order valence-corrected chi connectivity index (χ4v) is 1.90. The summed E-state index contributed by atoms with van der Waals surface area (Å²) < 4.78 is 19.0. The molecule has 0 amide bonds. The van der Waals surface area contributed by atoms with Gasteiger partial charge in [-0.2, -0.15) is 0 Å². The average molecular weight is 474 g/mol. The minimum Gasteiger partial charge on any atom is -0.383 e. The molecule has 4 nitrogen and oxygen atoms in total. The molecule has 0 heterocycles. The van der Waals surface area contributed by atoms with Gasteiger partial charge in [-0.05, 0) is 47.5 Å². The molecule has 0 aliphatic heterocycles. The summed E-state index contributed by atoms with van der Waals surface area (Å²) in [6.45, 7) is 5.78. The maximum absolute atomic E-state index is 13.4. The number of ether oxygens (including phenoxy) is 1. The molecule has 2 N–H and O–H groups in total. The van der Waals surface area contributed by atoms with Crippen LogP contribution in [-0.2, 0) is 11.3 Å². The number of benzene rings is 1. The van der Waals surface area contributed by atoms with Crippen LogP contribution in [0.1, 0.15) is 19.4 Å². The molecule has 0 aliphatic carbocycles. The van der Waals surface area contributed by atoms with Gasteiger partial charge in [0.25, 0.3) is 0 Å². The van der Waals surface area contributed by atoms with Gasteiger partial charge in [-0.1, -0.05) is 6.07 Å². The summed E-state index contributed by atoms with van der Waals surface area (Å²) in [5.74, 6) is 0.420. The first kappa shape index (κ1) is 20.6. The Labute approximate surface area is 151 Å². The molecule has 1 aromatic rings. The van der Waals surface area contributed by atoms with Crippen molar-refractivity contribution in [1.82, 2.24) is 10.6 Å². The molecular formula is C14H22BrFIN3O. The van der Waals surface area contributed by atoms with Crippen molar-refractivity contribution in [1.29, 1.82) is 0 Å². The van der Waals surface area contributed by atoms with Gasteiger partial charge in [-0.15, -0.1) is 24.0 Å². The number of guanidine groups is 1. The van der Waals surface area contributed by atoms with Crippen LogP contribution in [0.5, 0.6) is 0 Å². The van der Waals surface area contributed by atoms with Gasteiger partial charge in [0.15, 0.2) is 5.96 Å². The minimum atomic E-state index is -0.275. The summed E-state index contributed by atoms with van der Waals surface area (Å²) in [5.41, 5.74) is 0.822. The van der Waals surface area contributed by atoms with Gasteiger partial charge in [0, 0.05) is 19.7 Å². The van der Waals surface area contributed by atoms with E-state index >= 15 is 0 Å². The van der Waals surface area contributed by atoms with Crippen LogP contribution in [0, 0.1) is 5.82 Å². The predicted octanol–water partition coefficient (Wildman–Crippen LogP) is 3.30. The standard InChI is InChI=1S/C14H21BrFN3O.HI/c1-4-17-14(19-10(2)9-20-3)18-8-11-5-6-12(15)13(16)7-11;/h5-7,10H,4,8-9H2,1-3H3,(H2,17,18,19);1H. The highest BCUT2D eigenvalue weighted by molar-refractivity contribution is 14.0. The Balaban J connectivity index is 0.00000400. The van der Waals surface area contributed by atoms with Gasteiger partial charge in [0.05, 0.1) is 17.6 Å². The van der Waals surface area contributed by atoms with Crippen molar-refractivity contribution in [2.24, 2.45) is 4.99 Å². The number of aliphatic imine (C=N–C) groups is 1. The second kappa shape index (κ2) is 11.2. The molecule has 7 heteroatoms. The normalized spacial score (nSPS) is 12.5. The zero-order valence-corrected chi connectivity index (χ0v) is 16.4. The molecule has 0 bridgehead atoms. The van der Waals surface area contributed by atoms with Crippen LogP contribution in [-0.4, -0.2) is 32.3 Å². The lowest BCUT2D eigenvalue weighted by Gasteiger charge is -2.17. The Morgan fingerprint density at radius 1 is 1.48 bits per heavy atom. The SMILES string of the molecule is CCNC(=NCc1ccc(Br)c(F)c1)NC(C)COC.I. The number of nitrogens with zero attached hydrogens (tertiary/aromatic N) is 1. The molecule has 1 aromatic carbocycles. The lowest BCUT2D eigenvalue weighted by atomic mass is 10.2. The molecule has 0 fully saturated rings. The van der Waals surface area contributed by atoms with E-state index in [0.717, 1.165) is 12.1 Å². The van der Waals surface area contributed by atoms with Gasteiger partial charge in [-0.3, -0.25) is 0 Å². The van der Waals surface area contributed by atoms with E-state index in [0.29, 0.717) is 23.6 Å². The van der Waals surface area contributed by atoms with E-state index in [9.17, 15) is 4.39 Å². The van der Waals surface area contributed by atoms with E-state index in [1.807, 2.05) is 19.9 Å². The molecule has 0 radical (unpaired) electrons. The van der Waals surface area contributed by atoms with Gasteiger partial charge in [-0.25, -0.2) is 9.38 Å². The van der Waals surface area contributed by atoms with E-state index in [1.165, 1.54) is 6.07 Å². The summed E-state index contributed by atoms with van der Waals surface area (Å²) in [7, 11) is 1.66. The van der Waals surface area contributed by atoms with Crippen molar-refractivity contribution in [2.45, 2.75) is 26.4 Å². The third kappa shape index (κ3) is 7.96. The van der Waals surface area contributed by atoms with Crippen molar-refractivity contribution in [3.05, 3.63) is 34.1 Å². The molecule has 0 spiro atoms. The van der Waals surface area contributed by atoms with Gasteiger partial charge in [0.1, 0.15) is 5.82 Å². The van der Waals surface area contributed by atoms with Crippen LogP contribution in [0.3, 0.4) is 0 Å². The average Bonchev–Trinajstić information content (AvgIpc) is 2.40. The van der Waals surface area contributed by atoms with Crippen LogP contribution in [0.25, 0.3) is 0 Å². The monoisotopic (exact) mass is 473 g/mol. The Morgan fingerprint density at radius 3 is 2.76 bits per heavy atom. The van der Waals surface area contributed by atoms with Gasteiger partial charge >= 0.3 is 0 Å². The highest BCUT2D eigenvalue weighted by atomic mass is 127. The topological polar surface area (TPSA) is 45.7 Å². The third-order valence-electron chi connectivity index (χ3n) is 2.55. The predicted molar refractivity (Wildman–Crippen MR) is 98.8 cm³/mol. The Morgan fingerprint density at radius 2 is 2.19 bits per heavy atom. The smallest absolute Gasteiger partial charge is 0.191 e. The summed E-state index contributed by atoms with van der Waals surface area (Å²) in [6.07, 6.45) is 0. The molecule has 1 unspecified atom stereocenters. The molecule has 1 atom stereocenters. The van der Waals surface area contributed by atoms with Gasteiger partial charge < -0.3 is 15.4 Å². The van der Waals surface area contributed by atoms with Crippen molar-refractivity contribution in [3.8, 4) is 0 Å². The number of hydrogen-bond donors (Lipinski definition) is 2. The fraction of sp³-hybridized carbons (Fsp3) is 0.500. The minimum absolute atomic E-state index is 0. The summed E-state index contributed by atoms with van der Waals surface area (Å²) in [4.78, 5) is 4.43. The molecule has 0 aliphatic rings. The van der Waals surface area contributed by atoms with Crippen LogP contribution in [0.2, 0.25) is 0 Å². The van der Waals surface area contributed by atoms with Gasteiger partial charge in [0.2, 0.25) is 0 Å². The second-order valence-corrected chi connectivity index (χ2v) is 5.30. The summed E-state index contributed by atoms with van der Waals surface area (Å²) in [6, 6.07) is 5.17. The molecule has 0 saturated carbocycles. The van der Waals surface area contributed by atoms with Crippen LogP contribution >= 0.6 is 39.9 Å². The van der Waals surface area contributed by atoms with Crippen LogP contribution < -0.4 is 10.6 Å². The van der Waals surface area contributed by atoms with Crippen molar-refractivity contribution >= 4 is 45.9 Å². The van der Waals surface area contributed by atoms with E-state index in [2.05, 4.69) is 31.6 Å². The van der Waals surface area contributed by atoms with E-state index in [-0.39, 0.29) is 35.8 Å². The Kier molecular flexibility index (Phi) is 11.0. The number of halogens is 3. The highest BCUT2D eigenvalue weighted by Crippen LogP contribution is 2.16. The quantitative estimate of drug-likeness (QED) is 0.378. The molecular weight excluding hydrogens is 452 g/mol. The maximum Gasteiger partial charge on any atom is 0.191 e. The highest BCUT2D eigenvalue weighted by Gasteiger charge is 2.05. The molecule has 0 aromatic heterocycles. The molecule has 0 saturated heterocycles. The lowest BCUT2D eigenvalue weighted by molar-refractivity contribution is 0.179. The zero-order valence-electron chi connectivity index (χ0n) is 12.5. The Bertz CT molecular complexity index is 460. The van der Waals surface area contributed by atoms with Crippen LogP contribution in [0.4, 0.5) is 4.39 Å². The van der Waals surface area contributed by atoms with E-state index in [1.54, 1.807) is 13.2 Å². The molecule has 1 rings (SSSR count). The molecule has 21 heavy (non-hydrogen) atoms. The third-order valence-corrected chi connectivity index (χ3v) is 3.19. The Hall–Kier alpha value is -0.410. The van der Waals surface area contributed by atoms with E-state index in [4.69, 9.17) is 4.74 Å². The first-order valence-electron chi connectivity index (χ1n) is 6.54. The summed E-state index contributed by atoms with van der Waals surface area (Å²) in [5, 5.41) is 6.37. The number of hydrogen-bond acceptors (Lipinski definition) is 2. The maximum atomic E-state index is 13.4. The zero-order chi connectivity index (χ0) is 15.0. The van der Waals surface area contributed by atoms with Crippen molar-refractivity contribution in [2.75, 3.05) is 20.3 Å². The van der Waals surface area contributed by atoms with E-state index < -0.39 is 0 Å². The number of methoxy groups -OCH3 is 1.